The molecule has 0 saturated carbocycles. The average Bonchev–Trinajstić information content (AvgIpc) is 3.17. The molecule has 0 atom stereocenters. The minimum Gasteiger partial charge on any atom is -0.364 e. The molecule has 0 bridgehead atoms. The number of guanidine groups is 1. The summed E-state index contributed by atoms with van der Waals surface area (Å²) in [6.45, 7) is 10.1. The second-order valence-electron chi connectivity index (χ2n) is 7.40. The quantitative estimate of drug-likeness (QED) is 0.659. The molecule has 0 amide bonds. The van der Waals surface area contributed by atoms with Gasteiger partial charge in [0.2, 0.25) is 0 Å². The van der Waals surface area contributed by atoms with Gasteiger partial charge in [0.25, 0.3) is 0 Å². The smallest absolute Gasteiger partial charge is 0.193 e. The van der Waals surface area contributed by atoms with Crippen molar-refractivity contribution in [1.29, 1.82) is 0 Å². The highest BCUT2D eigenvalue weighted by Crippen LogP contribution is 2.21. The number of aromatic nitrogens is 1. The van der Waals surface area contributed by atoms with E-state index in [1.165, 1.54) is 5.56 Å². The first-order valence-electron chi connectivity index (χ1n) is 9.21. The van der Waals surface area contributed by atoms with Gasteiger partial charge in [-0.2, -0.15) is 0 Å². The second-order valence-corrected chi connectivity index (χ2v) is 7.40. The van der Waals surface area contributed by atoms with Crippen LogP contribution in [0.3, 0.4) is 0 Å². The topological polar surface area (TPSA) is 56.9 Å². The number of benzene rings is 1. The average molecular weight is 355 g/mol. The Labute approximate surface area is 155 Å². The summed E-state index contributed by atoms with van der Waals surface area (Å²) in [5.74, 6) is 0.982. The van der Waals surface area contributed by atoms with Gasteiger partial charge in [-0.1, -0.05) is 49.3 Å². The van der Waals surface area contributed by atoms with Gasteiger partial charge in [-0.15, -0.1) is 0 Å². The first kappa shape index (κ1) is 18.5. The zero-order valence-electron chi connectivity index (χ0n) is 16.0. The third-order valence-corrected chi connectivity index (χ3v) is 5.00. The van der Waals surface area contributed by atoms with Crippen molar-refractivity contribution in [2.45, 2.75) is 25.8 Å². The van der Waals surface area contributed by atoms with Crippen LogP contribution in [-0.4, -0.2) is 60.7 Å². The molecule has 2 heterocycles. The molecule has 0 radical (unpaired) electrons. The Morgan fingerprint density at radius 2 is 1.88 bits per heavy atom. The fourth-order valence-electron chi connectivity index (χ4n) is 3.29. The minimum absolute atomic E-state index is 0.0476. The molecule has 2 aromatic rings. The van der Waals surface area contributed by atoms with Crippen molar-refractivity contribution in [2.24, 2.45) is 4.99 Å². The Morgan fingerprint density at radius 3 is 2.50 bits per heavy atom. The first-order valence-corrected chi connectivity index (χ1v) is 9.21. The number of piperazine rings is 1. The van der Waals surface area contributed by atoms with Crippen molar-refractivity contribution in [3.8, 4) is 0 Å². The van der Waals surface area contributed by atoms with Crippen molar-refractivity contribution < 1.29 is 4.52 Å². The molecule has 0 unspecified atom stereocenters. The Bertz CT molecular complexity index is 688. The Balaban J connectivity index is 1.50. The standard InChI is InChI=1S/C20H29N5O/c1-20(2,17-7-5-4-6-8-17)16-22-19(21-3)25-12-10-24(11-13-25)15-18-9-14-26-23-18/h4-9,14H,10-13,15-16H2,1-3H3,(H,21,22). The SMILES string of the molecule is CN=C(NCC(C)(C)c1ccccc1)N1CCN(Cc2ccon2)CC1. The van der Waals surface area contributed by atoms with Crippen LogP contribution in [0.1, 0.15) is 25.1 Å². The Hall–Kier alpha value is -2.34. The minimum atomic E-state index is 0.0476. The highest BCUT2D eigenvalue weighted by atomic mass is 16.5. The van der Waals surface area contributed by atoms with E-state index in [0.717, 1.165) is 50.9 Å². The number of rotatable bonds is 5. The van der Waals surface area contributed by atoms with E-state index in [4.69, 9.17) is 4.52 Å². The van der Waals surface area contributed by atoms with Crippen LogP contribution in [0, 0.1) is 0 Å². The van der Waals surface area contributed by atoms with Crippen LogP contribution < -0.4 is 5.32 Å². The van der Waals surface area contributed by atoms with Gasteiger partial charge < -0.3 is 14.7 Å². The molecule has 1 aromatic carbocycles. The van der Waals surface area contributed by atoms with Crippen molar-refractivity contribution in [3.05, 3.63) is 53.9 Å². The van der Waals surface area contributed by atoms with Crippen molar-refractivity contribution >= 4 is 5.96 Å². The van der Waals surface area contributed by atoms with Crippen LogP contribution in [0.2, 0.25) is 0 Å². The molecule has 26 heavy (non-hydrogen) atoms. The zero-order valence-corrected chi connectivity index (χ0v) is 16.0. The highest BCUT2D eigenvalue weighted by Gasteiger charge is 2.24. The fourth-order valence-corrected chi connectivity index (χ4v) is 3.29. The van der Waals surface area contributed by atoms with Gasteiger partial charge in [-0.05, 0) is 5.56 Å². The molecule has 1 aromatic heterocycles. The molecular weight excluding hydrogens is 326 g/mol. The lowest BCUT2D eigenvalue weighted by Crippen LogP contribution is -2.53. The summed E-state index contributed by atoms with van der Waals surface area (Å²) in [4.78, 5) is 9.23. The summed E-state index contributed by atoms with van der Waals surface area (Å²) >= 11 is 0. The van der Waals surface area contributed by atoms with Crippen LogP contribution >= 0.6 is 0 Å². The second kappa shape index (κ2) is 8.36. The number of hydrogen-bond acceptors (Lipinski definition) is 4. The molecular formula is C20H29N5O. The van der Waals surface area contributed by atoms with Crippen LogP contribution in [0.5, 0.6) is 0 Å². The van der Waals surface area contributed by atoms with Gasteiger partial charge in [0, 0.05) is 57.8 Å². The summed E-state index contributed by atoms with van der Waals surface area (Å²) in [6.07, 6.45) is 1.63. The normalized spacial score (nSPS) is 16.7. The summed E-state index contributed by atoms with van der Waals surface area (Å²) < 4.78 is 4.92. The molecule has 1 fully saturated rings. The van der Waals surface area contributed by atoms with Gasteiger partial charge in [0.05, 0.1) is 5.69 Å². The van der Waals surface area contributed by atoms with E-state index < -0.39 is 0 Å². The third kappa shape index (κ3) is 4.64. The fraction of sp³-hybridized carbons (Fsp3) is 0.500. The maximum atomic E-state index is 4.92. The van der Waals surface area contributed by atoms with Crippen LogP contribution in [0.25, 0.3) is 0 Å². The molecule has 1 saturated heterocycles. The van der Waals surface area contributed by atoms with E-state index in [1.807, 2.05) is 13.1 Å². The van der Waals surface area contributed by atoms with Crippen molar-refractivity contribution in [2.75, 3.05) is 39.8 Å². The molecule has 0 aliphatic carbocycles. The van der Waals surface area contributed by atoms with E-state index in [1.54, 1.807) is 6.26 Å². The van der Waals surface area contributed by atoms with Crippen LogP contribution in [0.15, 0.2) is 52.2 Å². The van der Waals surface area contributed by atoms with Gasteiger partial charge in [-0.3, -0.25) is 9.89 Å². The maximum Gasteiger partial charge on any atom is 0.193 e. The Kier molecular flexibility index (Phi) is 5.93. The Morgan fingerprint density at radius 1 is 1.15 bits per heavy atom. The molecule has 140 valence electrons. The van der Waals surface area contributed by atoms with Crippen molar-refractivity contribution in [3.63, 3.8) is 0 Å². The first-order chi connectivity index (χ1) is 12.6. The molecule has 0 spiro atoms. The van der Waals surface area contributed by atoms with E-state index >= 15 is 0 Å². The summed E-state index contributed by atoms with van der Waals surface area (Å²) in [5.41, 5.74) is 2.37. The predicted molar refractivity (Wildman–Crippen MR) is 104 cm³/mol. The van der Waals surface area contributed by atoms with Crippen molar-refractivity contribution in [1.82, 2.24) is 20.3 Å². The van der Waals surface area contributed by atoms with Gasteiger partial charge >= 0.3 is 0 Å². The molecule has 1 aliphatic heterocycles. The monoisotopic (exact) mass is 355 g/mol. The molecule has 6 heteroatoms. The summed E-state index contributed by atoms with van der Waals surface area (Å²) in [7, 11) is 1.86. The lowest BCUT2D eigenvalue weighted by molar-refractivity contribution is 0.168. The lowest BCUT2D eigenvalue weighted by atomic mass is 9.85. The number of hydrogen-bond donors (Lipinski definition) is 1. The zero-order chi connectivity index (χ0) is 18.4. The maximum absolute atomic E-state index is 4.92. The van der Waals surface area contributed by atoms with E-state index in [9.17, 15) is 0 Å². The third-order valence-electron chi connectivity index (χ3n) is 5.00. The lowest BCUT2D eigenvalue weighted by Gasteiger charge is -2.37. The molecule has 1 N–H and O–H groups in total. The molecule has 6 nitrogen and oxygen atoms in total. The van der Waals surface area contributed by atoms with Gasteiger partial charge in [-0.25, -0.2) is 0 Å². The van der Waals surface area contributed by atoms with E-state index in [-0.39, 0.29) is 5.41 Å². The van der Waals surface area contributed by atoms with Gasteiger partial charge in [0.15, 0.2) is 5.96 Å². The van der Waals surface area contributed by atoms with E-state index in [0.29, 0.717) is 0 Å². The predicted octanol–water partition coefficient (Wildman–Crippen LogP) is 2.35. The number of nitrogens with zero attached hydrogens (tertiary/aromatic N) is 4. The number of aliphatic imine (C=N–C) groups is 1. The largest absolute Gasteiger partial charge is 0.364 e. The molecule has 1 aliphatic rings. The van der Waals surface area contributed by atoms with Crippen LogP contribution in [-0.2, 0) is 12.0 Å². The van der Waals surface area contributed by atoms with E-state index in [2.05, 4.69) is 69.4 Å². The van der Waals surface area contributed by atoms with Gasteiger partial charge in [0.1, 0.15) is 6.26 Å². The summed E-state index contributed by atoms with van der Waals surface area (Å²) in [6, 6.07) is 12.6. The number of nitrogens with one attached hydrogen (secondary N) is 1. The van der Waals surface area contributed by atoms with Crippen LogP contribution in [0.4, 0.5) is 0 Å². The summed E-state index contributed by atoms with van der Waals surface area (Å²) in [5, 5.41) is 7.57. The molecule has 3 rings (SSSR count). The highest BCUT2D eigenvalue weighted by molar-refractivity contribution is 5.80.